The Morgan fingerprint density at radius 3 is 1.24 bits per heavy atom. The second-order valence-corrected chi connectivity index (χ2v) is 8.54. The van der Waals surface area contributed by atoms with E-state index in [9.17, 15) is 38.9 Å². The molecule has 0 radical (unpaired) electrons. The number of carbonyl (C=O) groups is 6. The molecule has 0 N–H and O–H groups in total. The van der Waals surface area contributed by atoms with Crippen molar-refractivity contribution in [2.45, 2.75) is 31.0 Å². The number of rotatable bonds is 9. The first kappa shape index (κ1) is 26.1. The quantitative estimate of drug-likeness (QED) is 0.201. The van der Waals surface area contributed by atoms with Gasteiger partial charge in [0.1, 0.15) is 12.1 Å². The fourth-order valence-corrected chi connectivity index (χ4v) is 4.65. The van der Waals surface area contributed by atoms with Crippen LogP contribution in [0.5, 0.6) is 0 Å². The molecule has 2 aromatic carbocycles. The molecule has 0 fully saturated rings. The zero-order valence-electron chi connectivity index (χ0n) is 20.2. The summed E-state index contributed by atoms with van der Waals surface area (Å²) in [4.78, 5) is 89.7. The summed E-state index contributed by atoms with van der Waals surface area (Å²) in [5.74, 6) is -5.55. The van der Waals surface area contributed by atoms with E-state index in [0.717, 1.165) is 14.2 Å². The fourth-order valence-electron chi connectivity index (χ4n) is 4.65. The van der Waals surface area contributed by atoms with E-state index in [1.807, 2.05) is 0 Å². The Morgan fingerprint density at radius 2 is 1.00 bits per heavy atom. The molecule has 0 spiro atoms. The van der Waals surface area contributed by atoms with E-state index in [1.54, 1.807) is 0 Å². The van der Waals surface area contributed by atoms with Crippen molar-refractivity contribution in [2.24, 2.45) is 0 Å². The van der Waals surface area contributed by atoms with Crippen LogP contribution in [0.3, 0.4) is 0 Å². The van der Waals surface area contributed by atoms with Crippen LogP contribution in [0.1, 0.15) is 54.3 Å². The van der Waals surface area contributed by atoms with Crippen LogP contribution < -0.4 is 0 Å². The molecule has 196 valence electrons. The number of benzene rings is 2. The highest BCUT2D eigenvalue weighted by Gasteiger charge is 2.49. The summed E-state index contributed by atoms with van der Waals surface area (Å²) in [5, 5.41) is 12.1. The third-order valence-electron chi connectivity index (χ3n) is 6.51. The first-order chi connectivity index (χ1) is 18.1. The van der Waals surface area contributed by atoms with Crippen LogP contribution in [-0.4, -0.2) is 82.6 Å². The third kappa shape index (κ3) is 4.27. The van der Waals surface area contributed by atoms with Crippen molar-refractivity contribution in [1.82, 2.24) is 9.80 Å². The Kier molecular flexibility index (Phi) is 7.02. The first-order valence-corrected chi connectivity index (χ1v) is 11.3. The van der Waals surface area contributed by atoms with Gasteiger partial charge in [-0.3, -0.25) is 39.1 Å². The molecule has 2 atom stereocenters. The largest absolute Gasteiger partial charge is 0.467 e. The van der Waals surface area contributed by atoms with Crippen molar-refractivity contribution in [3.05, 3.63) is 80.9 Å². The average Bonchev–Trinajstić information content (AvgIpc) is 3.32. The molecule has 0 aromatic heterocycles. The number of carbonyl (C=O) groups excluding carboxylic acids is 6. The lowest BCUT2D eigenvalue weighted by atomic mass is 9.98. The van der Waals surface area contributed by atoms with Crippen LogP contribution in [0, 0.1) is 10.1 Å². The molecule has 0 bridgehead atoms. The highest BCUT2D eigenvalue weighted by atomic mass is 16.6. The number of fused-ring (bicyclic) bond motifs is 2. The van der Waals surface area contributed by atoms with Gasteiger partial charge in [-0.25, -0.2) is 9.59 Å². The minimum atomic E-state index is -1.78. The molecule has 2 aliphatic rings. The van der Waals surface area contributed by atoms with Crippen molar-refractivity contribution >= 4 is 35.6 Å². The van der Waals surface area contributed by atoms with E-state index in [1.165, 1.54) is 48.5 Å². The van der Waals surface area contributed by atoms with Gasteiger partial charge in [0.2, 0.25) is 6.04 Å². The molecule has 4 rings (SSSR count). The molecule has 13 nitrogen and oxygen atoms in total. The van der Waals surface area contributed by atoms with Crippen LogP contribution >= 0.6 is 0 Å². The lowest BCUT2D eigenvalue weighted by molar-refractivity contribution is -0.525. The lowest BCUT2D eigenvalue weighted by Crippen LogP contribution is -2.51. The highest BCUT2D eigenvalue weighted by molar-refractivity contribution is 6.23. The average molecular weight is 523 g/mol. The van der Waals surface area contributed by atoms with Crippen molar-refractivity contribution in [3.8, 4) is 0 Å². The van der Waals surface area contributed by atoms with Gasteiger partial charge in [0.25, 0.3) is 23.6 Å². The number of esters is 2. The molecule has 2 unspecified atom stereocenters. The normalized spacial score (nSPS) is 16.6. The number of methoxy groups -OCH3 is 2. The molecule has 0 saturated carbocycles. The van der Waals surface area contributed by atoms with E-state index in [-0.39, 0.29) is 22.3 Å². The maximum absolute atomic E-state index is 13.0. The van der Waals surface area contributed by atoms with Gasteiger partial charge in [0.15, 0.2) is 0 Å². The van der Waals surface area contributed by atoms with Gasteiger partial charge in [-0.1, -0.05) is 24.3 Å². The highest BCUT2D eigenvalue weighted by Crippen LogP contribution is 2.30. The summed E-state index contributed by atoms with van der Waals surface area (Å²) in [6, 6.07) is 6.37. The number of ether oxygens (including phenoxy) is 2. The molecule has 38 heavy (non-hydrogen) atoms. The van der Waals surface area contributed by atoms with Crippen molar-refractivity contribution in [1.29, 1.82) is 0 Å². The number of nitro groups is 1. The summed E-state index contributed by atoms with van der Waals surface area (Å²) in [6.07, 6.45) is -1.50. The predicted molar refractivity (Wildman–Crippen MR) is 126 cm³/mol. The van der Waals surface area contributed by atoms with E-state index in [0.29, 0.717) is 9.80 Å². The Labute approximate surface area is 215 Å². The third-order valence-corrected chi connectivity index (χ3v) is 6.51. The Balaban J connectivity index is 1.66. The van der Waals surface area contributed by atoms with Crippen LogP contribution in [-0.2, 0) is 19.1 Å². The van der Waals surface area contributed by atoms with Crippen molar-refractivity contribution in [3.63, 3.8) is 0 Å². The summed E-state index contributed by atoms with van der Waals surface area (Å²) >= 11 is 0. The lowest BCUT2D eigenvalue weighted by Gasteiger charge is -2.28. The van der Waals surface area contributed by atoms with Gasteiger partial charge in [-0.15, -0.1) is 0 Å². The van der Waals surface area contributed by atoms with E-state index >= 15 is 0 Å². The maximum atomic E-state index is 13.0. The zero-order chi connectivity index (χ0) is 27.7. The number of hydrogen-bond donors (Lipinski definition) is 0. The smallest absolute Gasteiger partial charge is 0.329 e. The molecule has 0 aliphatic carbocycles. The number of amides is 4. The van der Waals surface area contributed by atoms with Crippen LogP contribution in [0.15, 0.2) is 48.5 Å². The Hall–Kier alpha value is -4.94. The standard InChI is InChI=1S/C25H21N3O10/c1-37-24(33)18(26-20(29)14-7-3-4-8-15(14)21(26)30)11-13(28(35)36)12-19(25(34)38-2)27-22(31)16-9-5-6-10-17(16)23(27)32/h3-10,13,18-19H,11-12H2,1-2H3. The van der Waals surface area contributed by atoms with Crippen LogP contribution in [0.4, 0.5) is 0 Å². The predicted octanol–water partition coefficient (Wildman–Crippen LogP) is 1.09. The molecule has 2 heterocycles. The monoisotopic (exact) mass is 523 g/mol. The van der Waals surface area contributed by atoms with Gasteiger partial charge in [0, 0.05) is 17.8 Å². The topological polar surface area (TPSA) is 171 Å². The molecular weight excluding hydrogens is 502 g/mol. The van der Waals surface area contributed by atoms with Crippen molar-refractivity contribution in [2.75, 3.05) is 14.2 Å². The molecule has 13 heteroatoms. The number of imide groups is 2. The van der Waals surface area contributed by atoms with Gasteiger partial charge in [-0.05, 0) is 24.3 Å². The maximum Gasteiger partial charge on any atom is 0.329 e. The molecule has 0 saturated heterocycles. The Morgan fingerprint density at radius 1 is 0.711 bits per heavy atom. The number of hydrogen-bond acceptors (Lipinski definition) is 10. The fraction of sp³-hybridized carbons (Fsp3) is 0.280. The van der Waals surface area contributed by atoms with Crippen LogP contribution in [0.2, 0.25) is 0 Å². The van der Waals surface area contributed by atoms with Gasteiger partial charge >= 0.3 is 11.9 Å². The zero-order valence-corrected chi connectivity index (χ0v) is 20.2. The minimum absolute atomic E-state index is 0.0162. The van der Waals surface area contributed by atoms with Gasteiger partial charge in [-0.2, -0.15) is 0 Å². The number of nitrogens with zero attached hydrogens (tertiary/aromatic N) is 3. The summed E-state index contributed by atoms with van der Waals surface area (Å²) < 4.78 is 9.47. The van der Waals surface area contributed by atoms with Crippen molar-refractivity contribution < 1.29 is 43.2 Å². The van der Waals surface area contributed by atoms with Gasteiger partial charge < -0.3 is 9.47 Å². The summed E-state index contributed by atoms with van der Waals surface area (Å²) in [6.45, 7) is 0. The molecule has 4 amide bonds. The second-order valence-electron chi connectivity index (χ2n) is 8.54. The van der Waals surface area contributed by atoms with Crippen LogP contribution in [0.25, 0.3) is 0 Å². The van der Waals surface area contributed by atoms with E-state index in [2.05, 4.69) is 0 Å². The molecular formula is C25H21N3O10. The second kappa shape index (κ2) is 10.2. The summed E-state index contributed by atoms with van der Waals surface area (Å²) in [5.41, 5.74) is 0.0649. The van der Waals surface area contributed by atoms with Gasteiger partial charge in [0.05, 0.1) is 36.5 Å². The molecule has 2 aromatic rings. The minimum Gasteiger partial charge on any atom is -0.467 e. The molecule has 2 aliphatic heterocycles. The van der Waals surface area contributed by atoms with E-state index < -0.39 is 71.5 Å². The summed E-state index contributed by atoms with van der Waals surface area (Å²) in [7, 11) is 1.98. The first-order valence-electron chi connectivity index (χ1n) is 11.3. The van der Waals surface area contributed by atoms with E-state index in [4.69, 9.17) is 9.47 Å². The SMILES string of the molecule is COC(=O)C(CC(CC(C(=O)OC)N1C(=O)c2ccccc2C1=O)[N+](=O)[O-])N1C(=O)c2ccccc2C1=O. The Bertz CT molecular complexity index is 1220.